The molecule has 144 valence electrons. The van der Waals surface area contributed by atoms with E-state index in [-0.39, 0.29) is 11.8 Å². The minimum absolute atomic E-state index is 0.0854. The van der Waals surface area contributed by atoms with E-state index in [9.17, 15) is 4.79 Å². The monoisotopic (exact) mass is 369 g/mol. The van der Waals surface area contributed by atoms with Crippen LogP contribution in [0.1, 0.15) is 24.1 Å². The lowest BCUT2D eigenvalue weighted by Gasteiger charge is -2.49. The number of rotatable bonds is 7. The van der Waals surface area contributed by atoms with Crippen molar-refractivity contribution in [3.8, 4) is 0 Å². The van der Waals surface area contributed by atoms with Crippen LogP contribution in [0.15, 0.2) is 30.7 Å². The molecule has 4 unspecified atom stereocenters. The zero-order valence-corrected chi connectivity index (χ0v) is 15.7. The van der Waals surface area contributed by atoms with Gasteiger partial charge in [-0.05, 0) is 44.0 Å². The summed E-state index contributed by atoms with van der Waals surface area (Å²) < 4.78 is 1.94. The van der Waals surface area contributed by atoms with Crippen LogP contribution >= 0.6 is 0 Å². The number of nitrogens with one attached hydrogen (secondary N) is 2. The molecule has 5 rings (SSSR count). The van der Waals surface area contributed by atoms with Crippen LogP contribution in [0.25, 0.3) is 0 Å². The Morgan fingerprint density at radius 3 is 3.04 bits per heavy atom. The van der Waals surface area contributed by atoms with E-state index >= 15 is 0 Å². The molecule has 0 aromatic carbocycles. The molecule has 0 saturated carbocycles. The number of amides is 1. The number of nitrogens with zero attached hydrogens (tertiary/aromatic N) is 5. The SMILES string of the molecule is CNCc1cn(CC2CC3CCN2CC3C(=O)NCc2cccnc2)nn1. The summed E-state index contributed by atoms with van der Waals surface area (Å²) in [5.41, 5.74) is 2.00. The third kappa shape index (κ3) is 4.17. The first-order chi connectivity index (χ1) is 13.2. The largest absolute Gasteiger partial charge is 0.352 e. The lowest BCUT2D eigenvalue weighted by atomic mass is 9.75. The smallest absolute Gasteiger partial charge is 0.224 e. The second-order valence-corrected chi connectivity index (χ2v) is 7.58. The van der Waals surface area contributed by atoms with E-state index in [1.165, 1.54) is 0 Å². The molecule has 4 atom stereocenters. The number of hydrogen-bond donors (Lipinski definition) is 2. The van der Waals surface area contributed by atoms with Gasteiger partial charge in [0.2, 0.25) is 5.91 Å². The first kappa shape index (κ1) is 18.1. The summed E-state index contributed by atoms with van der Waals surface area (Å²) in [7, 11) is 1.91. The van der Waals surface area contributed by atoms with Crippen molar-refractivity contribution < 1.29 is 4.79 Å². The van der Waals surface area contributed by atoms with Crippen molar-refractivity contribution in [2.75, 3.05) is 20.1 Å². The van der Waals surface area contributed by atoms with E-state index in [0.29, 0.717) is 18.5 Å². The Balaban J connectivity index is 1.32. The second kappa shape index (κ2) is 8.14. The molecule has 2 bridgehead atoms. The number of aromatic nitrogens is 4. The fourth-order valence-electron chi connectivity index (χ4n) is 4.35. The van der Waals surface area contributed by atoms with Crippen LogP contribution in [0, 0.1) is 11.8 Å². The molecule has 3 saturated heterocycles. The summed E-state index contributed by atoms with van der Waals surface area (Å²) in [4.78, 5) is 19.3. The van der Waals surface area contributed by atoms with Crippen LogP contribution in [0.2, 0.25) is 0 Å². The molecule has 0 spiro atoms. The van der Waals surface area contributed by atoms with Crippen molar-refractivity contribution in [1.82, 2.24) is 35.5 Å². The van der Waals surface area contributed by atoms with Gasteiger partial charge < -0.3 is 10.6 Å². The maximum atomic E-state index is 12.7. The predicted molar refractivity (Wildman–Crippen MR) is 100 cm³/mol. The van der Waals surface area contributed by atoms with Gasteiger partial charge in [-0.2, -0.15) is 0 Å². The molecule has 3 aliphatic rings. The van der Waals surface area contributed by atoms with Gasteiger partial charge in [0.05, 0.1) is 18.2 Å². The molecule has 3 fully saturated rings. The van der Waals surface area contributed by atoms with Crippen LogP contribution in [0.3, 0.4) is 0 Å². The zero-order chi connectivity index (χ0) is 18.6. The lowest BCUT2D eigenvalue weighted by molar-refractivity contribution is -0.133. The van der Waals surface area contributed by atoms with Crippen molar-refractivity contribution in [1.29, 1.82) is 0 Å². The van der Waals surface area contributed by atoms with Gasteiger partial charge in [-0.25, -0.2) is 0 Å². The predicted octanol–water partition coefficient (Wildman–Crippen LogP) is 0.419. The Morgan fingerprint density at radius 2 is 2.30 bits per heavy atom. The Labute approximate surface area is 159 Å². The van der Waals surface area contributed by atoms with Gasteiger partial charge in [0.15, 0.2) is 0 Å². The van der Waals surface area contributed by atoms with Crippen molar-refractivity contribution >= 4 is 5.91 Å². The van der Waals surface area contributed by atoms with E-state index in [4.69, 9.17) is 0 Å². The number of carbonyl (C=O) groups is 1. The first-order valence-electron chi connectivity index (χ1n) is 9.67. The van der Waals surface area contributed by atoms with Gasteiger partial charge in [0.1, 0.15) is 0 Å². The molecule has 0 aliphatic carbocycles. The van der Waals surface area contributed by atoms with Crippen LogP contribution in [-0.4, -0.2) is 57.0 Å². The lowest BCUT2D eigenvalue weighted by Crippen LogP contribution is -2.58. The number of pyridine rings is 1. The molecule has 8 nitrogen and oxygen atoms in total. The minimum Gasteiger partial charge on any atom is -0.352 e. The summed E-state index contributed by atoms with van der Waals surface area (Å²) in [5, 5.41) is 14.6. The molecule has 2 aromatic rings. The van der Waals surface area contributed by atoms with E-state index in [0.717, 1.165) is 50.3 Å². The molecule has 0 radical (unpaired) electrons. The van der Waals surface area contributed by atoms with Gasteiger partial charge in [0.25, 0.3) is 0 Å². The normalized spacial score (nSPS) is 26.9. The Bertz CT molecular complexity index is 762. The second-order valence-electron chi connectivity index (χ2n) is 7.58. The van der Waals surface area contributed by atoms with Crippen molar-refractivity contribution in [2.45, 2.75) is 38.5 Å². The molecule has 27 heavy (non-hydrogen) atoms. The number of fused-ring (bicyclic) bond motifs is 3. The Morgan fingerprint density at radius 1 is 1.37 bits per heavy atom. The minimum atomic E-state index is 0.0854. The quantitative estimate of drug-likeness (QED) is 0.735. The summed E-state index contributed by atoms with van der Waals surface area (Å²) in [6.45, 7) is 4.03. The van der Waals surface area contributed by atoms with Crippen LogP contribution in [0.4, 0.5) is 0 Å². The molecule has 3 aliphatic heterocycles. The fraction of sp³-hybridized carbons (Fsp3) is 0.579. The van der Waals surface area contributed by atoms with Crippen LogP contribution < -0.4 is 10.6 Å². The van der Waals surface area contributed by atoms with Gasteiger partial charge in [-0.15, -0.1) is 5.10 Å². The summed E-state index contributed by atoms with van der Waals surface area (Å²) in [6, 6.07) is 4.32. The maximum Gasteiger partial charge on any atom is 0.224 e. The molecule has 1 amide bonds. The maximum absolute atomic E-state index is 12.7. The van der Waals surface area contributed by atoms with E-state index in [1.807, 2.05) is 30.1 Å². The van der Waals surface area contributed by atoms with Crippen LogP contribution in [-0.2, 0) is 24.4 Å². The average molecular weight is 369 g/mol. The van der Waals surface area contributed by atoms with E-state index in [2.05, 4.69) is 30.8 Å². The molecule has 5 heterocycles. The molecule has 2 aromatic heterocycles. The Kier molecular flexibility index (Phi) is 5.45. The molecular formula is C19H27N7O. The van der Waals surface area contributed by atoms with E-state index < -0.39 is 0 Å². The van der Waals surface area contributed by atoms with Gasteiger partial charge in [-0.3, -0.25) is 19.4 Å². The molecule has 2 N–H and O–H groups in total. The highest BCUT2D eigenvalue weighted by atomic mass is 16.1. The number of piperidine rings is 3. The highest BCUT2D eigenvalue weighted by Crippen LogP contribution is 2.36. The Hall–Kier alpha value is -2.32. The van der Waals surface area contributed by atoms with Crippen molar-refractivity contribution in [3.05, 3.63) is 42.0 Å². The average Bonchev–Trinajstić information content (AvgIpc) is 3.14. The summed E-state index contributed by atoms with van der Waals surface area (Å²) in [5.74, 6) is 0.709. The van der Waals surface area contributed by atoms with Gasteiger partial charge in [0, 0.05) is 44.3 Å². The molecular weight excluding hydrogens is 342 g/mol. The van der Waals surface area contributed by atoms with Crippen molar-refractivity contribution in [3.63, 3.8) is 0 Å². The highest BCUT2D eigenvalue weighted by Gasteiger charge is 2.43. The first-order valence-corrected chi connectivity index (χ1v) is 9.67. The van der Waals surface area contributed by atoms with Crippen LogP contribution in [0.5, 0.6) is 0 Å². The summed E-state index contributed by atoms with van der Waals surface area (Å²) in [6.07, 6.45) is 7.71. The molecule has 8 heteroatoms. The number of hydrogen-bond acceptors (Lipinski definition) is 6. The van der Waals surface area contributed by atoms with Crippen molar-refractivity contribution in [2.24, 2.45) is 11.8 Å². The highest BCUT2D eigenvalue weighted by molar-refractivity contribution is 5.79. The summed E-state index contributed by atoms with van der Waals surface area (Å²) >= 11 is 0. The van der Waals surface area contributed by atoms with Gasteiger partial charge >= 0.3 is 0 Å². The zero-order valence-electron chi connectivity index (χ0n) is 15.7. The fourth-order valence-corrected chi connectivity index (χ4v) is 4.35. The number of carbonyl (C=O) groups excluding carboxylic acids is 1. The third-order valence-corrected chi connectivity index (χ3v) is 5.75. The topological polar surface area (TPSA) is 88.0 Å². The van der Waals surface area contributed by atoms with E-state index in [1.54, 1.807) is 12.4 Å². The standard InChI is InChI=1S/C19H27N7O/c1-20-10-16-11-26(24-23-16)12-17-7-15-4-6-25(17)13-18(15)19(27)22-9-14-3-2-5-21-8-14/h2-3,5,8,11,15,17-18,20H,4,6-7,9-10,12-13H2,1H3,(H,22,27). The van der Waals surface area contributed by atoms with Gasteiger partial charge in [-0.1, -0.05) is 11.3 Å². The third-order valence-electron chi connectivity index (χ3n) is 5.75.